The highest BCUT2D eigenvalue weighted by molar-refractivity contribution is 8.00. The van der Waals surface area contributed by atoms with Gasteiger partial charge in [-0.1, -0.05) is 59.3 Å². The van der Waals surface area contributed by atoms with Gasteiger partial charge in [0.25, 0.3) is 0 Å². The van der Waals surface area contributed by atoms with Gasteiger partial charge in [-0.05, 0) is 32.0 Å². The standard InChI is InChI=1S/C18H17ClN4OS/c1-11-6-8-13(9-7-11)16-21-18(23-22-16)25-12(2)17(24)20-15-5-3-4-14(19)10-15/h3-10,12H,1-2H3,(H,20,24)(H,21,22,23). The first-order chi connectivity index (χ1) is 12.0. The zero-order valence-corrected chi connectivity index (χ0v) is 15.4. The van der Waals surface area contributed by atoms with Crippen molar-refractivity contribution in [1.29, 1.82) is 0 Å². The van der Waals surface area contributed by atoms with Crippen LogP contribution >= 0.6 is 23.4 Å². The number of benzene rings is 2. The first-order valence-corrected chi connectivity index (χ1v) is 8.99. The highest BCUT2D eigenvalue weighted by atomic mass is 35.5. The summed E-state index contributed by atoms with van der Waals surface area (Å²) in [6.07, 6.45) is 0. The Morgan fingerprint density at radius 1 is 1.24 bits per heavy atom. The van der Waals surface area contributed by atoms with Gasteiger partial charge in [0, 0.05) is 16.3 Å². The number of hydrogen-bond donors (Lipinski definition) is 2. The Morgan fingerprint density at radius 2 is 2.00 bits per heavy atom. The number of amides is 1. The van der Waals surface area contributed by atoms with E-state index in [1.807, 2.05) is 38.1 Å². The molecule has 1 unspecified atom stereocenters. The summed E-state index contributed by atoms with van der Waals surface area (Å²) in [6.45, 7) is 3.85. The molecule has 25 heavy (non-hydrogen) atoms. The maximum Gasteiger partial charge on any atom is 0.237 e. The molecule has 0 fully saturated rings. The third kappa shape index (κ3) is 4.61. The molecular weight excluding hydrogens is 356 g/mol. The average molecular weight is 373 g/mol. The summed E-state index contributed by atoms with van der Waals surface area (Å²) in [5.41, 5.74) is 2.81. The van der Waals surface area contributed by atoms with Crippen molar-refractivity contribution in [2.75, 3.05) is 5.32 Å². The quantitative estimate of drug-likeness (QED) is 0.644. The maximum atomic E-state index is 12.3. The fourth-order valence-corrected chi connectivity index (χ4v) is 3.08. The van der Waals surface area contributed by atoms with E-state index in [4.69, 9.17) is 11.6 Å². The predicted molar refractivity (Wildman–Crippen MR) is 102 cm³/mol. The number of aromatic amines is 1. The monoisotopic (exact) mass is 372 g/mol. The van der Waals surface area contributed by atoms with Gasteiger partial charge in [0.2, 0.25) is 11.1 Å². The van der Waals surface area contributed by atoms with E-state index in [0.29, 0.717) is 21.7 Å². The van der Waals surface area contributed by atoms with Crippen molar-refractivity contribution in [2.24, 2.45) is 0 Å². The number of carbonyl (C=O) groups excluding carboxylic acids is 1. The fourth-order valence-electron chi connectivity index (χ4n) is 2.16. The zero-order valence-electron chi connectivity index (χ0n) is 13.8. The van der Waals surface area contributed by atoms with Crippen LogP contribution in [0.4, 0.5) is 5.69 Å². The van der Waals surface area contributed by atoms with Crippen LogP contribution in [0.5, 0.6) is 0 Å². The van der Waals surface area contributed by atoms with Crippen LogP contribution in [0.1, 0.15) is 12.5 Å². The number of nitrogens with one attached hydrogen (secondary N) is 2. The van der Waals surface area contributed by atoms with E-state index in [-0.39, 0.29) is 11.2 Å². The number of halogens is 1. The maximum absolute atomic E-state index is 12.3. The average Bonchev–Trinajstić information content (AvgIpc) is 3.04. The molecule has 0 bridgehead atoms. The van der Waals surface area contributed by atoms with Crippen LogP contribution in [0, 0.1) is 6.92 Å². The highest BCUT2D eigenvalue weighted by Gasteiger charge is 2.17. The molecule has 0 spiro atoms. The molecule has 128 valence electrons. The summed E-state index contributed by atoms with van der Waals surface area (Å²) in [7, 11) is 0. The summed E-state index contributed by atoms with van der Waals surface area (Å²) in [4.78, 5) is 16.8. The number of carbonyl (C=O) groups is 1. The van der Waals surface area contributed by atoms with Crippen LogP contribution in [0.25, 0.3) is 11.4 Å². The summed E-state index contributed by atoms with van der Waals surface area (Å²) >= 11 is 7.22. The lowest BCUT2D eigenvalue weighted by Gasteiger charge is -2.10. The molecule has 7 heteroatoms. The largest absolute Gasteiger partial charge is 0.325 e. The molecule has 3 aromatic rings. The Balaban J connectivity index is 1.63. The van der Waals surface area contributed by atoms with Crippen molar-refractivity contribution < 1.29 is 4.79 Å². The van der Waals surface area contributed by atoms with Crippen molar-refractivity contribution in [3.8, 4) is 11.4 Å². The Kier molecular flexibility index (Phi) is 5.40. The topological polar surface area (TPSA) is 70.7 Å². The van der Waals surface area contributed by atoms with E-state index < -0.39 is 0 Å². The second-order valence-corrected chi connectivity index (χ2v) is 7.34. The molecule has 0 aliphatic rings. The fraction of sp³-hybridized carbons (Fsp3) is 0.167. The van der Waals surface area contributed by atoms with Crippen molar-refractivity contribution in [2.45, 2.75) is 24.3 Å². The third-order valence-electron chi connectivity index (χ3n) is 3.53. The van der Waals surface area contributed by atoms with Gasteiger partial charge in [-0.15, -0.1) is 5.10 Å². The molecule has 0 aliphatic heterocycles. The summed E-state index contributed by atoms with van der Waals surface area (Å²) in [6, 6.07) is 15.1. The third-order valence-corrected chi connectivity index (χ3v) is 4.73. The number of anilines is 1. The van der Waals surface area contributed by atoms with Crippen LogP contribution in [-0.2, 0) is 4.79 Å². The molecule has 0 saturated heterocycles. The molecule has 3 rings (SSSR count). The number of aryl methyl sites for hydroxylation is 1. The molecule has 1 amide bonds. The van der Waals surface area contributed by atoms with Crippen molar-refractivity contribution in [3.05, 3.63) is 59.1 Å². The number of nitrogens with zero attached hydrogens (tertiary/aromatic N) is 2. The van der Waals surface area contributed by atoms with E-state index in [0.717, 1.165) is 5.56 Å². The number of aromatic nitrogens is 3. The van der Waals surface area contributed by atoms with Gasteiger partial charge in [-0.25, -0.2) is 4.98 Å². The van der Waals surface area contributed by atoms with Crippen LogP contribution in [0.3, 0.4) is 0 Å². The van der Waals surface area contributed by atoms with Gasteiger partial charge < -0.3 is 5.32 Å². The van der Waals surface area contributed by atoms with Crippen LogP contribution in [0.2, 0.25) is 5.02 Å². The molecule has 0 saturated carbocycles. The summed E-state index contributed by atoms with van der Waals surface area (Å²) in [5, 5.41) is 10.7. The van der Waals surface area contributed by atoms with Crippen LogP contribution in [-0.4, -0.2) is 26.3 Å². The second-order valence-electron chi connectivity index (χ2n) is 5.59. The Morgan fingerprint density at radius 3 is 2.72 bits per heavy atom. The van der Waals surface area contributed by atoms with E-state index in [9.17, 15) is 4.79 Å². The summed E-state index contributed by atoms with van der Waals surface area (Å²) in [5.74, 6) is 0.555. The normalized spacial score (nSPS) is 12.0. The van der Waals surface area contributed by atoms with Gasteiger partial charge in [0.05, 0.1) is 5.25 Å². The zero-order chi connectivity index (χ0) is 17.8. The van der Waals surface area contributed by atoms with Gasteiger partial charge in [0.1, 0.15) is 0 Å². The van der Waals surface area contributed by atoms with E-state index in [2.05, 4.69) is 20.5 Å². The van der Waals surface area contributed by atoms with Gasteiger partial charge in [-0.3, -0.25) is 9.89 Å². The SMILES string of the molecule is Cc1ccc(-c2nc(SC(C)C(=O)Nc3cccc(Cl)c3)n[nH]2)cc1. The van der Waals surface area contributed by atoms with E-state index in [1.54, 1.807) is 24.3 Å². The molecule has 1 heterocycles. The van der Waals surface area contributed by atoms with Crippen LogP contribution < -0.4 is 5.32 Å². The lowest BCUT2D eigenvalue weighted by molar-refractivity contribution is -0.115. The number of hydrogen-bond acceptors (Lipinski definition) is 4. The van der Waals surface area contributed by atoms with Gasteiger partial charge in [0.15, 0.2) is 5.82 Å². The summed E-state index contributed by atoms with van der Waals surface area (Å²) < 4.78 is 0. The van der Waals surface area contributed by atoms with Crippen molar-refractivity contribution in [3.63, 3.8) is 0 Å². The van der Waals surface area contributed by atoms with Crippen molar-refractivity contribution in [1.82, 2.24) is 15.2 Å². The molecule has 2 aromatic carbocycles. The second kappa shape index (κ2) is 7.72. The highest BCUT2D eigenvalue weighted by Crippen LogP contribution is 2.24. The molecule has 1 aromatic heterocycles. The Bertz CT molecular complexity index is 879. The smallest absolute Gasteiger partial charge is 0.237 e. The number of H-pyrrole nitrogens is 1. The number of rotatable bonds is 5. The number of thioether (sulfide) groups is 1. The van der Waals surface area contributed by atoms with Gasteiger partial charge >= 0.3 is 0 Å². The first-order valence-electron chi connectivity index (χ1n) is 7.74. The minimum absolute atomic E-state index is 0.131. The molecular formula is C18H17ClN4OS. The molecule has 5 nitrogen and oxygen atoms in total. The minimum Gasteiger partial charge on any atom is -0.325 e. The minimum atomic E-state index is -0.347. The van der Waals surface area contributed by atoms with E-state index in [1.165, 1.54) is 17.3 Å². The lowest BCUT2D eigenvalue weighted by atomic mass is 10.1. The predicted octanol–water partition coefficient (Wildman–Crippen LogP) is 4.55. The molecule has 1 atom stereocenters. The molecule has 0 aliphatic carbocycles. The van der Waals surface area contributed by atoms with Gasteiger partial charge in [-0.2, -0.15) is 0 Å². The molecule has 2 N–H and O–H groups in total. The Labute approximate surface area is 155 Å². The van der Waals surface area contributed by atoms with Crippen LogP contribution in [0.15, 0.2) is 53.7 Å². The molecule has 0 radical (unpaired) electrons. The Hall–Kier alpha value is -2.31. The van der Waals surface area contributed by atoms with E-state index >= 15 is 0 Å². The first kappa shape index (κ1) is 17.5. The lowest BCUT2D eigenvalue weighted by Crippen LogP contribution is -2.22. The van der Waals surface area contributed by atoms with Crippen molar-refractivity contribution >= 4 is 35.0 Å².